The topological polar surface area (TPSA) is 9.23 Å². The highest BCUT2D eigenvalue weighted by Gasteiger charge is 2.39. The third kappa shape index (κ3) is 5.26. The van der Waals surface area contributed by atoms with Gasteiger partial charge in [-0.25, -0.2) is 4.39 Å². The van der Waals surface area contributed by atoms with Crippen molar-refractivity contribution in [3.8, 4) is 0 Å². The van der Waals surface area contributed by atoms with Gasteiger partial charge in [-0.2, -0.15) is 0 Å². The molecule has 3 heteroatoms. The molecule has 0 aliphatic rings. The van der Waals surface area contributed by atoms with E-state index in [1.165, 1.54) is 19.8 Å². The van der Waals surface area contributed by atoms with Crippen LogP contribution in [0.3, 0.4) is 0 Å². The predicted molar refractivity (Wildman–Crippen MR) is 71.9 cm³/mol. The van der Waals surface area contributed by atoms with E-state index >= 15 is 0 Å². The lowest BCUT2D eigenvalue weighted by Gasteiger charge is -2.39. The predicted octanol–water partition coefficient (Wildman–Crippen LogP) is 5.05. The van der Waals surface area contributed by atoms with E-state index in [2.05, 4.69) is 33.9 Å². The summed E-state index contributed by atoms with van der Waals surface area (Å²) in [6.07, 6.45) is 4.67. The fraction of sp³-hybridized carbons (Fsp3) is 0.846. The summed E-state index contributed by atoms with van der Waals surface area (Å²) in [6.45, 7) is 13.4. The van der Waals surface area contributed by atoms with Crippen molar-refractivity contribution < 1.29 is 8.82 Å². The van der Waals surface area contributed by atoms with Crippen LogP contribution < -0.4 is 0 Å². The minimum Gasteiger partial charge on any atom is -0.417 e. The Hall–Kier alpha value is -0.153. The molecular formula is C13H27FOSi. The molecule has 0 saturated carbocycles. The van der Waals surface area contributed by atoms with E-state index in [1.807, 2.05) is 0 Å². The molecule has 1 nitrogen and oxygen atoms in total. The second kappa shape index (κ2) is 6.55. The van der Waals surface area contributed by atoms with Crippen molar-refractivity contribution in [3.05, 3.63) is 11.9 Å². The van der Waals surface area contributed by atoms with Crippen molar-refractivity contribution in [2.75, 3.05) is 6.61 Å². The van der Waals surface area contributed by atoms with E-state index in [0.717, 1.165) is 0 Å². The maximum atomic E-state index is 12.5. The molecule has 0 rings (SSSR count). The van der Waals surface area contributed by atoms with E-state index in [0.29, 0.717) is 13.0 Å². The summed E-state index contributed by atoms with van der Waals surface area (Å²) in [7, 11) is -1.68. The quantitative estimate of drug-likeness (QED) is 0.451. The first-order valence-electron chi connectivity index (χ1n) is 6.19. The van der Waals surface area contributed by atoms with Crippen LogP contribution in [0.15, 0.2) is 11.9 Å². The molecule has 96 valence electrons. The first-order valence-corrected chi connectivity index (χ1v) is 9.10. The highest BCUT2D eigenvalue weighted by atomic mass is 28.4. The zero-order valence-electron chi connectivity index (χ0n) is 11.7. The van der Waals surface area contributed by atoms with Crippen LogP contribution in [0.2, 0.25) is 18.1 Å². The van der Waals surface area contributed by atoms with Crippen LogP contribution in [0.1, 0.15) is 47.0 Å². The number of allylic oxidation sites excluding steroid dienone is 1. The third-order valence-corrected chi connectivity index (χ3v) is 7.95. The molecule has 0 bridgehead atoms. The van der Waals surface area contributed by atoms with Crippen LogP contribution in [0.4, 0.5) is 4.39 Å². The number of halogens is 1. The van der Waals surface area contributed by atoms with E-state index in [1.54, 1.807) is 6.08 Å². The molecule has 0 aromatic rings. The molecule has 0 spiro atoms. The van der Waals surface area contributed by atoms with Gasteiger partial charge in [0.25, 0.3) is 0 Å². The third-order valence-electron chi connectivity index (χ3n) is 3.51. The molecule has 0 aliphatic heterocycles. The minimum absolute atomic E-state index is 0.115. The monoisotopic (exact) mass is 246 g/mol. The highest BCUT2D eigenvalue weighted by Crippen LogP contribution is 2.41. The van der Waals surface area contributed by atoms with Crippen LogP contribution >= 0.6 is 0 Å². The Balaban J connectivity index is 4.18. The Morgan fingerprint density at radius 3 is 2.38 bits per heavy atom. The molecule has 0 aliphatic carbocycles. The Bertz CT molecular complexity index is 230. The average Bonchev–Trinajstić information content (AvgIpc) is 2.12. The summed E-state index contributed by atoms with van der Waals surface area (Å²) in [5.74, 6) is -0.115. The summed E-state index contributed by atoms with van der Waals surface area (Å²) in [4.78, 5) is 0. The van der Waals surface area contributed by atoms with Gasteiger partial charge in [0, 0.05) is 6.61 Å². The van der Waals surface area contributed by atoms with Crippen molar-refractivity contribution in [2.24, 2.45) is 0 Å². The van der Waals surface area contributed by atoms with Crippen LogP contribution in [0, 0.1) is 0 Å². The summed E-state index contributed by atoms with van der Waals surface area (Å²) >= 11 is 0. The van der Waals surface area contributed by atoms with Crippen LogP contribution in [0.25, 0.3) is 0 Å². The largest absolute Gasteiger partial charge is 0.417 e. The van der Waals surface area contributed by atoms with Gasteiger partial charge < -0.3 is 4.43 Å². The Morgan fingerprint density at radius 2 is 1.94 bits per heavy atom. The Labute approximate surface area is 101 Å². The smallest absolute Gasteiger partial charge is 0.192 e. The molecule has 0 amide bonds. The summed E-state index contributed by atoms with van der Waals surface area (Å²) in [6, 6.07) is 0. The van der Waals surface area contributed by atoms with Gasteiger partial charge in [0.1, 0.15) is 0 Å². The van der Waals surface area contributed by atoms with Crippen LogP contribution in [-0.4, -0.2) is 14.9 Å². The van der Waals surface area contributed by atoms with Gasteiger partial charge in [-0.3, -0.25) is 0 Å². The molecular weight excluding hydrogens is 219 g/mol. The fourth-order valence-electron chi connectivity index (χ4n) is 1.69. The van der Waals surface area contributed by atoms with Gasteiger partial charge in [-0.15, -0.1) is 0 Å². The van der Waals surface area contributed by atoms with Crippen molar-refractivity contribution in [2.45, 2.75) is 65.1 Å². The molecule has 0 atom stereocenters. The standard InChI is InChI=1S/C13H27FOSi/c1-7-10-13(3,4)16(5,6)15-11-8-9-12(2)14/h9H,7-8,10-11H2,1-6H3. The van der Waals surface area contributed by atoms with Crippen LogP contribution in [0.5, 0.6) is 0 Å². The molecule has 0 N–H and O–H groups in total. The first kappa shape index (κ1) is 15.8. The molecule has 0 radical (unpaired) electrons. The lowest BCUT2D eigenvalue weighted by molar-refractivity contribution is 0.286. The van der Waals surface area contributed by atoms with Gasteiger partial charge in [0.05, 0.1) is 5.83 Å². The zero-order chi connectivity index (χ0) is 12.8. The van der Waals surface area contributed by atoms with E-state index < -0.39 is 8.32 Å². The first-order chi connectivity index (χ1) is 7.23. The maximum absolute atomic E-state index is 12.5. The molecule has 0 unspecified atom stereocenters. The highest BCUT2D eigenvalue weighted by molar-refractivity contribution is 6.74. The van der Waals surface area contributed by atoms with Gasteiger partial charge in [-0.05, 0) is 37.9 Å². The lowest BCUT2D eigenvalue weighted by Crippen LogP contribution is -2.42. The summed E-state index contributed by atoms with van der Waals surface area (Å²) in [5, 5.41) is 0.288. The fourth-order valence-corrected chi connectivity index (χ4v) is 3.56. The van der Waals surface area contributed by atoms with E-state index in [-0.39, 0.29) is 10.9 Å². The van der Waals surface area contributed by atoms with Crippen molar-refractivity contribution in [3.63, 3.8) is 0 Å². The maximum Gasteiger partial charge on any atom is 0.192 e. The Kier molecular flexibility index (Phi) is 6.49. The normalized spacial score (nSPS) is 14.3. The summed E-state index contributed by atoms with van der Waals surface area (Å²) < 4.78 is 18.5. The molecule has 16 heavy (non-hydrogen) atoms. The molecule has 0 saturated heterocycles. The molecule has 0 fully saturated rings. The van der Waals surface area contributed by atoms with Gasteiger partial charge >= 0.3 is 0 Å². The van der Waals surface area contributed by atoms with Crippen LogP contribution in [-0.2, 0) is 4.43 Å². The average molecular weight is 246 g/mol. The Morgan fingerprint density at radius 1 is 1.38 bits per heavy atom. The number of hydrogen-bond donors (Lipinski definition) is 0. The lowest BCUT2D eigenvalue weighted by atomic mass is 10.1. The zero-order valence-corrected chi connectivity index (χ0v) is 12.7. The molecule has 0 aromatic carbocycles. The SMILES string of the molecule is CCCC(C)(C)[Si](C)(C)OCCC=C(C)F. The van der Waals surface area contributed by atoms with Gasteiger partial charge in [0.15, 0.2) is 8.32 Å². The second-order valence-electron chi connectivity index (χ2n) is 5.57. The van der Waals surface area contributed by atoms with Crippen molar-refractivity contribution in [1.82, 2.24) is 0 Å². The molecule has 0 heterocycles. The van der Waals surface area contributed by atoms with Crippen molar-refractivity contribution >= 4 is 8.32 Å². The number of hydrogen-bond acceptors (Lipinski definition) is 1. The van der Waals surface area contributed by atoms with Gasteiger partial charge in [-0.1, -0.05) is 33.3 Å². The van der Waals surface area contributed by atoms with E-state index in [9.17, 15) is 4.39 Å². The summed E-state index contributed by atoms with van der Waals surface area (Å²) in [5.41, 5.74) is 0. The van der Waals surface area contributed by atoms with E-state index in [4.69, 9.17) is 4.43 Å². The van der Waals surface area contributed by atoms with Crippen molar-refractivity contribution in [1.29, 1.82) is 0 Å². The number of rotatable bonds is 7. The van der Waals surface area contributed by atoms with Gasteiger partial charge in [0.2, 0.25) is 0 Å². The second-order valence-corrected chi connectivity index (χ2v) is 10.2. The minimum atomic E-state index is -1.68. The molecule has 0 aromatic heterocycles.